The molecule has 9 nitrogen and oxygen atoms in total. The Bertz CT molecular complexity index is 1060. The Balaban J connectivity index is 1.66. The first-order valence-corrected chi connectivity index (χ1v) is 11.7. The zero-order chi connectivity index (χ0) is 23.1. The topological polar surface area (TPSA) is 114 Å². The fraction of sp³-hybridized carbons (Fsp3) is 0.364. The highest BCUT2D eigenvalue weighted by Crippen LogP contribution is 2.26. The number of sulfonamides is 1. The molecule has 10 heteroatoms. The maximum atomic E-state index is 12.9. The summed E-state index contributed by atoms with van der Waals surface area (Å²) in [4.78, 5) is 23.7. The first-order chi connectivity index (χ1) is 15.3. The number of carbonyl (C=O) groups excluding carboxylic acids is 2. The molecule has 1 fully saturated rings. The molecule has 1 aliphatic rings. The van der Waals surface area contributed by atoms with Crippen LogP contribution in [0, 0.1) is 0 Å². The van der Waals surface area contributed by atoms with Crippen LogP contribution in [0.15, 0.2) is 47.4 Å². The number of rotatable bonds is 8. The fourth-order valence-electron chi connectivity index (χ4n) is 3.36. The van der Waals surface area contributed by atoms with Gasteiger partial charge in [-0.1, -0.05) is 0 Å². The van der Waals surface area contributed by atoms with Gasteiger partial charge in [0.2, 0.25) is 21.8 Å². The number of nitrogens with zero attached hydrogens (tertiary/aromatic N) is 1. The first kappa shape index (κ1) is 23.7. The highest BCUT2D eigenvalue weighted by molar-refractivity contribution is 7.89. The Morgan fingerprint density at radius 1 is 1.03 bits per heavy atom. The number of methoxy groups -OCH3 is 1. The smallest absolute Gasteiger partial charge is 0.243 e. The van der Waals surface area contributed by atoms with Gasteiger partial charge < -0.3 is 20.1 Å². The summed E-state index contributed by atoms with van der Waals surface area (Å²) in [5.41, 5.74) is 1.87. The van der Waals surface area contributed by atoms with Crippen LogP contribution in [-0.4, -0.2) is 58.0 Å². The van der Waals surface area contributed by atoms with Crippen LogP contribution >= 0.6 is 0 Å². The van der Waals surface area contributed by atoms with Crippen LogP contribution < -0.4 is 15.4 Å². The molecule has 2 amide bonds. The second-order valence-corrected chi connectivity index (χ2v) is 9.23. The molecule has 32 heavy (non-hydrogen) atoms. The van der Waals surface area contributed by atoms with Gasteiger partial charge in [-0.25, -0.2) is 8.42 Å². The molecule has 1 saturated heterocycles. The summed E-state index contributed by atoms with van der Waals surface area (Å²) in [5, 5.41) is 5.45. The zero-order valence-corrected chi connectivity index (χ0v) is 18.9. The van der Waals surface area contributed by atoms with Gasteiger partial charge >= 0.3 is 0 Å². The number of aryl methyl sites for hydroxylation is 1. The summed E-state index contributed by atoms with van der Waals surface area (Å²) in [6.07, 6.45) is 0.455. The largest absolute Gasteiger partial charge is 0.496 e. The molecule has 0 saturated carbocycles. The summed E-state index contributed by atoms with van der Waals surface area (Å²) in [5.74, 6) is 0.132. The number of hydrogen-bond acceptors (Lipinski definition) is 6. The van der Waals surface area contributed by atoms with E-state index in [2.05, 4.69) is 10.6 Å². The van der Waals surface area contributed by atoms with Crippen molar-refractivity contribution in [3.63, 3.8) is 0 Å². The van der Waals surface area contributed by atoms with Crippen LogP contribution in [0.1, 0.15) is 18.9 Å². The monoisotopic (exact) mass is 461 g/mol. The van der Waals surface area contributed by atoms with Crippen molar-refractivity contribution in [2.24, 2.45) is 0 Å². The summed E-state index contributed by atoms with van der Waals surface area (Å²) in [6.45, 7) is 2.78. The predicted octanol–water partition coefficient (Wildman–Crippen LogP) is 2.25. The van der Waals surface area contributed by atoms with Crippen molar-refractivity contribution >= 4 is 33.2 Å². The summed E-state index contributed by atoms with van der Waals surface area (Å²) in [7, 11) is -2.14. The molecule has 0 radical (unpaired) electrons. The lowest BCUT2D eigenvalue weighted by molar-refractivity contribution is -0.116. The van der Waals surface area contributed by atoms with Crippen molar-refractivity contribution < 1.29 is 27.5 Å². The SMILES string of the molecule is COc1ccc(S(=O)(=O)N2CCOCC2)cc1CCC(=O)Nc1ccc(NC(C)=O)cc1. The van der Waals surface area contributed by atoms with Gasteiger partial charge in [-0.05, 0) is 54.4 Å². The summed E-state index contributed by atoms with van der Waals surface area (Å²) in [6, 6.07) is 11.5. The molecule has 0 spiro atoms. The van der Waals surface area contributed by atoms with Gasteiger partial charge in [0, 0.05) is 37.8 Å². The number of hydrogen-bond donors (Lipinski definition) is 2. The van der Waals surface area contributed by atoms with E-state index in [0.717, 1.165) is 0 Å². The van der Waals surface area contributed by atoms with E-state index >= 15 is 0 Å². The number of anilines is 2. The van der Waals surface area contributed by atoms with Gasteiger partial charge in [-0.15, -0.1) is 0 Å². The van der Waals surface area contributed by atoms with Crippen LogP contribution in [0.2, 0.25) is 0 Å². The van der Waals surface area contributed by atoms with E-state index in [1.165, 1.54) is 24.4 Å². The normalized spacial score (nSPS) is 14.6. The number of benzene rings is 2. The molecule has 2 N–H and O–H groups in total. The van der Waals surface area contributed by atoms with Crippen molar-refractivity contribution in [3.8, 4) is 5.75 Å². The van der Waals surface area contributed by atoms with E-state index in [1.54, 1.807) is 36.4 Å². The molecule has 0 bridgehead atoms. The maximum Gasteiger partial charge on any atom is 0.243 e. The van der Waals surface area contributed by atoms with Gasteiger partial charge in [-0.3, -0.25) is 9.59 Å². The first-order valence-electron chi connectivity index (χ1n) is 10.2. The van der Waals surface area contributed by atoms with Crippen LogP contribution in [-0.2, 0) is 30.8 Å². The van der Waals surface area contributed by atoms with Gasteiger partial charge in [0.25, 0.3) is 0 Å². The number of nitrogens with one attached hydrogen (secondary N) is 2. The van der Waals surface area contributed by atoms with Gasteiger partial charge in [0.05, 0.1) is 25.2 Å². The average molecular weight is 462 g/mol. The molecule has 2 aromatic rings. The number of morpholine rings is 1. The Kier molecular flexibility index (Phi) is 7.84. The third-order valence-electron chi connectivity index (χ3n) is 4.97. The molecule has 3 rings (SSSR count). The molecule has 2 aromatic carbocycles. The fourth-order valence-corrected chi connectivity index (χ4v) is 4.82. The van der Waals surface area contributed by atoms with Crippen molar-refractivity contribution in [1.29, 1.82) is 0 Å². The van der Waals surface area contributed by atoms with Crippen LogP contribution in [0.4, 0.5) is 11.4 Å². The van der Waals surface area contributed by atoms with Crippen LogP contribution in [0.25, 0.3) is 0 Å². The van der Waals surface area contributed by atoms with Crippen molar-refractivity contribution in [1.82, 2.24) is 4.31 Å². The van der Waals surface area contributed by atoms with E-state index in [0.29, 0.717) is 55.4 Å². The number of carbonyl (C=O) groups is 2. The molecule has 1 heterocycles. The lowest BCUT2D eigenvalue weighted by atomic mass is 10.1. The third kappa shape index (κ3) is 6.06. The second-order valence-electron chi connectivity index (χ2n) is 7.30. The molecule has 0 unspecified atom stereocenters. The summed E-state index contributed by atoms with van der Waals surface area (Å²) >= 11 is 0. The Labute approximate surface area is 187 Å². The highest BCUT2D eigenvalue weighted by atomic mass is 32.2. The Morgan fingerprint density at radius 3 is 2.25 bits per heavy atom. The van der Waals surface area contributed by atoms with Gasteiger partial charge in [0.15, 0.2) is 0 Å². The number of amides is 2. The van der Waals surface area contributed by atoms with Gasteiger partial charge in [0.1, 0.15) is 5.75 Å². The second kappa shape index (κ2) is 10.6. The van der Waals surface area contributed by atoms with E-state index in [4.69, 9.17) is 9.47 Å². The highest BCUT2D eigenvalue weighted by Gasteiger charge is 2.27. The third-order valence-corrected chi connectivity index (χ3v) is 6.86. The molecular weight excluding hydrogens is 434 g/mol. The van der Waals surface area contributed by atoms with E-state index < -0.39 is 10.0 Å². The van der Waals surface area contributed by atoms with E-state index in [9.17, 15) is 18.0 Å². The quantitative estimate of drug-likeness (QED) is 0.623. The Morgan fingerprint density at radius 2 is 1.66 bits per heavy atom. The lowest BCUT2D eigenvalue weighted by Gasteiger charge is -2.26. The number of ether oxygens (including phenoxy) is 2. The molecule has 0 atom stereocenters. The van der Waals surface area contributed by atoms with Crippen molar-refractivity contribution in [2.45, 2.75) is 24.7 Å². The molecule has 0 aromatic heterocycles. The van der Waals surface area contributed by atoms with Crippen molar-refractivity contribution in [2.75, 3.05) is 44.0 Å². The van der Waals surface area contributed by atoms with Crippen molar-refractivity contribution in [3.05, 3.63) is 48.0 Å². The van der Waals surface area contributed by atoms with Crippen LogP contribution in [0.5, 0.6) is 5.75 Å². The lowest BCUT2D eigenvalue weighted by Crippen LogP contribution is -2.40. The standard InChI is InChI=1S/C22H27N3O6S/c1-16(26)23-18-4-6-19(7-5-18)24-22(27)10-3-17-15-20(8-9-21(17)30-2)32(28,29)25-11-13-31-14-12-25/h4-9,15H,3,10-14H2,1-2H3,(H,23,26)(H,24,27). The van der Waals surface area contributed by atoms with E-state index in [-0.39, 0.29) is 23.1 Å². The molecular formula is C22H27N3O6S. The minimum absolute atomic E-state index is 0.144. The molecule has 172 valence electrons. The predicted molar refractivity (Wildman–Crippen MR) is 120 cm³/mol. The zero-order valence-electron chi connectivity index (χ0n) is 18.1. The molecule has 1 aliphatic heterocycles. The van der Waals surface area contributed by atoms with Crippen LogP contribution in [0.3, 0.4) is 0 Å². The molecule has 0 aliphatic carbocycles. The maximum absolute atomic E-state index is 12.9. The minimum atomic E-state index is -3.64. The van der Waals surface area contributed by atoms with Gasteiger partial charge in [-0.2, -0.15) is 4.31 Å². The summed E-state index contributed by atoms with van der Waals surface area (Å²) < 4.78 is 37.9. The Hall–Kier alpha value is -2.95. The average Bonchev–Trinajstić information content (AvgIpc) is 2.79. The van der Waals surface area contributed by atoms with E-state index in [1.807, 2.05) is 0 Å². The minimum Gasteiger partial charge on any atom is -0.496 e.